The van der Waals surface area contributed by atoms with E-state index in [-0.39, 0.29) is 58.6 Å². The van der Waals surface area contributed by atoms with Gasteiger partial charge in [-0.25, -0.2) is 36.4 Å². The number of carbonyl (C=O) groups excluding carboxylic acids is 4. The predicted octanol–water partition coefficient (Wildman–Crippen LogP) is 12.5. The van der Waals surface area contributed by atoms with Crippen LogP contribution in [0.15, 0.2) is 115 Å². The number of methoxy groups -OCH3 is 1. The van der Waals surface area contributed by atoms with Crippen molar-refractivity contribution in [1.29, 1.82) is 0 Å². The largest absolute Gasteiger partial charge is 0.497 e. The number of amides is 4. The lowest BCUT2D eigenvalue weighted by Crippen LogP contribution is -2.55. The second kappa shape index (κ2) is 23.0. The maximum Gasteiger partial charge on any atom is 0.416 e. The van der Waals surface area contributed by atoms with Crippen LogP contribution in [0.5, 0.6) is 5.75 Å². The third kappa shape index (κ3) is 12.8. The smallest absolute Gasteiger partial charge is 0.416 e. The molecule has 2 saturated carbocycles. The molecule has 2 heterocycles. The summed E-state index contributed by atoms with van der Waals surface area (Å²) < 4.78 is 102. The zero-order chi connectivity index (χ0) is 53.0. The minimum absolute atomic E-state index is 0.0313. The topological polar surface area (TPSA) is 202 Å². The van der Waals surface area contributed by atoms with Gasteiger partial charge in [0, 0.05) is 56.8 Å². The number of sulfone groups is 2. The van der Waals surface area contributed by atoms with Crippen molar-refractivity contribution in [1.82, 2.24) is 9.97 Å². The number of hydrogen-bond acceptors (Lipinski definition) is 15. The molecule has 74 heavy (non-hydrogen) atoms. The van der Waals surface area contributed by atoms with E-state index in [9.17, 15) is 39.6 Å². The Hall–Kier alpha value is -5.79. The molecule has 0 spiro atoms. The number of carbonyl (C=O) groups is 4. The Morgan fingerprint density at radius 3 is 1.43 bits per heavy atom. The van der Waals surface area contributed by atoms with E-state index in [1.54, 1.807) is 24.3 Å². The Morgan fingerprint density at radius 2 is 1.04 bits per heavy atom. The molecule has 24 heteroatoms. The third-order valence-corrected chi connectivity index (χ3v) is 20.0. The molecular formula is C50H49F3N6O9S6. The first kappa shape index (κ1) is 54.5. The summed E-state index contributed by atoms with van der Waals surface area (Å²) in [5.41, 5.74) is -2.59. The normalized spacial score (nSPS) is 14.5. The highest BCUT2D eigenvalue weighted by atomic mass is 32.2. The van der Waals surface area contributed by atoms with Gasteiger partial charge in [-0.15, -0.1) is 23.5 Å². The number of halogens is 3. The van der Waals surface area contributed by atoms with E-state index in [4.69, 9.17) is 4.74 Å². The number of ketones is 2. The number of Topliss-reactive ketones (excluding diaryl/α,β-unsaturated/α-hetero) is 2. The van der Waals surface area contributed by atoms with E-state index in [1.165, 1.54) is 48.8 Å². The summed E-state index contributed by atoms with van der Waals surface area (Å²) in [4.78, 5) is 71.1. The second-order valence-corrected chi connectivity index (χ2v) is 26.1. The van der Waals surface area contributed by atoms with Crippen LogP contribution in [0.1, 0.15) is 89.0 Å². The molecule has 8 rings (SSSR count). The number of anilines is 4. The molecule has 2 aliphatic carbocycles. The average molecular weight is 1130 g/mol. The van der Waals surface area contributed by atoms with Gasteiger partial charge in [0.2, 0.25) is 0 Å². The van der Waals surface area contributed by atoms with Crippen molar-refractivity contribution < 1.29 is 53.9 Å². The highest BCUT2D eigenvalue weighted by molar-refractivity contribution is 7.99. The minimum Gasteiger partial charge on any atom is -0.497 e. The van der Waals surface area contributed by atoms with Gasteiger partial charge in [0.15, 0.2) is 41.5 Å². The molecule has 0 saturated heterocycles. The zero-order valence-corrected chi connectivity index (χ0v) is 44.9. The maximum absolute atomic E-state index is 15.6. The van der Waals surface area contributed by atoms with Crippen LogP contribution < -0.4 is 25.4 Å². The van der Waals surface area contributed by atoms with Crippen LogP contribution in [-0.4, -0.2) is 70.1 Å². The lowest BCUT2D eigenvalue weighted by atomic mass is 9.93. The summed E-state index contributed by atoms with van der Waals surface area (Å²) in [5.74, 6) is -2.25. The van der Waals surface area contributed by atoms with E-state index >= 15 is 9.59 Å². The third-order valence-electron chi connectivity index (χ3n) is 12.2. The van der Waals surface area contributed by atoms with Crippen LogP contribution in [0.3, 0.4) is 0 Å². The molecule has 2 fully saturated rings. The maximum atomic E-state index is 15.6. The van der Waals surface area contributed by atoms with Gasteiger partial charge < -0.3 is 4.74 Å². The summed E-state index contributed by atoms with van der Waals surface area (Å²) in [6.45, 7) is 0. The number of alkyl halides is 3. The average Bonchev–Trinajstić information content (AvgIpc) is 4.23. The summed E-state index contributed by atoms with van der Waals surface area (Å²) in [6.07, 6.45) is 1.26. The van der Waals surface area contributed by atoms with Crippen LogP contribution in [0.4, 0.5) is 44.4 Å². The molecule has 6 aromatic rings. The Kier molecular flexibility index (Phi) is 16.9. The number of thiazole rings is 2. The lowest BCUT2D eigenvalue weighted by Gasteiger charge is -2.36. The highest BCUT2D eigenvalue weighted by Gasteiger charge is 2.41. The van der Waals surface area contributed by atoms with E-state index in [0.29, 0.717) is 83.3 Å². The highest BCUT2D eigenvalue weighted by Crippen LogP contribution is 2.42. The molecule has 390 valence electrons. The lowest BCUT2D eigenvalue weighted by molar-refractivity contribution is -0.137. The van der Waals surface area contributed by atoms with Crippen molar-refractivity contribution in [2.75, 3.05) is 40.3 Å². The SMILES string of the molecule is COc1ccc(N(C(=O)Nc2nc(CSc3ccccc3)c(S(C)(=O)=O)s2)N(C(=O)Nc2nc(CSc3ccccc3)c(S(C)(=O)=O)s2)c2ccc(C(F)(F)F)cc2C(=O)C2CCCC2)c(C(=O)C2CCCC2)c1. The van der Waals surface area contributed by atoms with Crippen molar-refractivity contribution >= 4 is 111 Å². The standard InChI is InChI=1S/C50H49F3N6O9S6/c1-68-33-23-25-41(37(27-33)43(61)31-16-12-13-17-31)59(49(63)57-47-55-39(45(72-47)74(3,66)67)29-70-35-20-8-5-9-21-35)58(40-24-22-32(50(51,52)53)26-36(40)42(60)30-14-10-11-15-30)48(62)56-46-54-38(44(71-46)73(2,64)65)28-69-34-18-6-4-7-19-34/h4-9,18-27,30-31H,10-17,28-29H2,1-3H3,(H,54,56,62)(H,55,57,63). The van der Waals surface area contributed by atoms with E-state index in [2.05, 4.69) is 20.6 Å². The quantitative estimate of drug-likeness (QED) is 0.0497. The van der Waals surface area contributed by atoms with Crippen molar-refractivity contribution in [2.45, 2.75) is 87.3 Å². The molecule has 2 N–H and O–H groups in total. The van der Waals surface area contributed by atoms with Gasteiger partial charge in [-0.05, 0) is 86.3 Å². The Balaban J connectivity index is 1.33. The Labute approximate surface area is 442 Å². The molecule has 0 atom stereocenters. The molecule has 2 aromatic heterocycles. The van der Waals surface area contributed by atoms with Crippen molar-refractivity contribution in [2.24, 2.45) is 11.8 Å². The van der Waals surface area contributed by atoms with Crippen LogP contribution in [0, 0.1) is 11.8 Å². The van der Waals surface area contributed by atoms with Crippen molar-refractivity contribution in [3.05, 3.63) is 125 Å². The summed E-state index contributed by atoms with van der Waals surface area (Å²) in [5, 5.41) is 5.91. The minimum atomic E-state index is -4.97. The summed E-state index contributed by atoms with van der Waals surface area (Å²) >= 11 is 3.76. The second-order valence-electron chi connectivity index (χ2n) is 17.5. The van der Waals surface area contributed by atoms with Gasteiger partial charge in [-0.1, -0.05) is 84.8 Å². The van der Waals surface area contributed by atoms with Crippen LogP contribution in [-0.2, 0) is 37.4 Å². The van der Waals surface area contributed by atoms with Gasteiger partial charge in [0.05, 0.1) is 35.4 Å². The molecule has 2 aliphatic rings. The van der Waals surface area contributed by atoms with E-state index in [1.807, 2.05) is 36.4 Å². The van der Waals surface area contributed by atoms with E-state index in [0.717, 1.165) is 41.2 Å². The number of urea groups is 2. The van der Waals surface area contributed by atoms with Crippen LogP contribution >= 0.6 is 46.2 Å². The van der Waals surface area contributed by atoms with Gasteiger partial charge in [-0.2, -0.15) is 23.2 Å². The fourth-order valence-electron chi connectivity index (χ4n) is 8.72. The molecule has 4 amide bonds. The number of ether oxygens (including phenoxy) is 1. The number of hydrazine groups is 1. The van der Waals surface area contributed by atoms with Crippen LogP contribution in [0.2, 0.25) is 0 Å². The molecule has 0 radical (unpaired) electrons. The van der Waals surface area contributed by atoms with Crippen molar-refractivity contribution in [3.63, 3.8) is 0 Å². The first-order valence-electron chi connectivity index (χ1n) is 23.1. The molecule has 0 aliphatic heterocycles. The van der Waals surface area contributed by atoms with Crippen LogP contribution in [0.25, 0.3) is 0 Å². The number of hydrogen-bond donors (Lipinski definition) is 2. The molecule has 0 unspecified atom stereocenters. The fraction of sp³-hybridized carbons (Fsp3) is 0.320. The Morgan fingerprint density at radius 1 is 0.635 bits per heavy atom. The first-order valence-corrected chi connectivity index (χ1v) is 30.5. The number of nitrogens with one attached hydrogen (secondary N) is 2. The monoisotopic (exact) mass is 1130 g/mol. The summed E-state index contributed by atoms with van der Waals surface area (Å²) in [6, 6.07) is 21.7. The van der Waals surface area contributed by atoms with Gasteiger partial charge in [-0.3, -0.25) is 20.2 Å². The molecule has 15 nitrogen and oxygen atoms in total. The number of benzene rings is 4. The van der Waals surface area contributed by atoms with E-state index < -0.39 is 78.1 Å². The predicted molar refractivity (Wildman–Crippen MR) is 282 cm³/mol. The van der Waals surface area contributed by atoms with Gasteiger partial charge in [0.25, 0.3) is 0 Å². The van der Waals surface area contributed by atoms with Crippen molar-refractivity contribution in [3.8, 4) is 5.75 Å². The molecule has 4 aromatic carbocycles. The fourth-order valence-corrected chi connectivity index (χ4v) is 15.0. The van der Waals surface area contributed by atoms with Gasteiger partial charge in [0.1, 0.15) is 14.2 Å². The number of nitrogens with zero attached hydrogens (tertiary/aromatic N) is 4. The number of aromatic nitrogens is 2. The molecule has 0 bridgehead atoms. The Bertz CT molecular complexity index is 3290. The first-order chi connectivity index (χ1) is 35.2. The number of thioether (sulfide) groups is 2. The zero-order valence-electron chi connectivity index (χ0n) is 40.0. The molecular weight excluding hydrogens is 1080 g/mol. The van der Waals surface area contributed by atoms with Gasteiger partial charge >= 0.3 is 18.2 Å². The summed E-state index contributed by atoms with van der Waals surface area (Å²) in [7, 11) is -6.61. The number of rotatable bonds is 17.